The van der Waals surface area contributed by atoms with Crippen LogP contribution < -0.4 is 5.73 Å². The number of anilines is 1. The maximum Gasteiger partial charge on any atom is 0.202 e. The number of benzene rings is 2. The van der Waals surface area contributed by atoms with E-state index in [1.165, 1.54) is 11.1 Å². The molecule has 0 bridgehead atoms. The second kappa shape index (κ2) is 5.60. The van der Waals surface area contributed by atoms with Crippen LogP contribution in [0.4, 0.5) is 5.88 Å². The van der Waals surface area contributed by atoms with Gasteiger partial charge in [0.05, 0.1) is 5.56 Å². The normalized spacial score (nSPS) is 10.8. The minimum absolute atomic E-state index is 0.0901. The van der Waals surface area contributed by atoms with Crippen molar-refractivity contribution in [3.8, 4) is 28.2 Å². The first-order valence-electron chi connectivity index (χ1n) is 7.38. The van der Waals surface area contributed by atoms with Crippen molar-refractivity contribution in [2.45, 2.75) is 20.3 Å². The van der Waals surface area contributed by atoms with Crippen LogP contribution in [0.5, 0.6) is 5.75 Å². The maximum absolute atomic E-state index is 10.6. The maximum atomic E-state index is 10.6. The van der Waals surface area contributed by atoms with Crippen molar-refractivity contribution in [3.63, 3.8) is 0 Å². The summed E-state index contributed by atoms with van der Waals surface area (Å²) in [6.45, 7) is 4.19. The average Bonchev–Trinajstić information content (AvgIpc) is 2.83. The first kappa shape index (κ1) is 14.3. The molecule has 0 aliphatic heterocycles. The van der Waals surface area contributed by atoms with Gasteiger partial charge in [-0.05, 0) is 30.0 Å². The third-order valence-electron chi connectivity index (χ3n) is 3.96. The number of nitrogens with two attached hydrogens (primary N) is 1. The molecular formula is C19H19NO2. The summed E-state index contributed by atoms with van der Waals surface area (Å²) in [5.41, 5.74) is 10.7. The van der Waals surface area contributed by atoms with E-state index in [2.05, 4.69) is 19.9 Å². The molecule has 3 nitrogen and oxygen atoms in total. The third kappa shape index (κ3) is 2.35. The number of hydrogen-bond donors (Lipinski definition) is 2. The largest absolute Gasteiger partial charge is 0.504 e. The van der Waals surface area contributed by atoms with Crippen molar-refractivity contribution in [1.82, 2.24) is 0 Å². The molecule has 3 heteroatoms. The van der Waals surface area contributed by atoms with Gasteiger partial charge >= 0.3 is 0 Å². The van der Waals surface area contributed by atoms with E-state index in [-0.39, 0.29) is 11.6 Å². The van der Waals surface area contributed by atoms with E-state index in [0.29, 0.717) is 11.3 Å². The lowest BCUT2D eigenvalue weighted by molar-refractivity contribution is 0.467. The molecule has 3 aromatic rings. The standard InChI is InChI=1S/C19H19NO2/c1-3-13-9-10-15(11-12(13)2)16-17(21)18(22-19(16)20)14-7-5-4-6-8-14/h4-11,21H,3,20H2,1-2H3. The van der Waals surface area contributed by atoms with Gasteiger partial charge in [0.2, 0.25) is 5.88 Å². The van der Waals surface area contributed by atoms with Crippen molar-refractivity contribution >= 4 is 5.88 Å². The third-order valence-corrected chi connectivity index (χ3v) is 3.96. The van der Waals surface area contributed by atoms with Crippen LogP contribution in [0.15, 0.2) is 52.9 Å². The molecule has 3 N–H and O–H groups in total. The minimum Gasteiger partial charge on any atom is -0.504 e. The van der Waals surface area contributed by atoms with E-state index >= 15 is 0 Å². The van der Waals surface area contributed by atoms with Crippen molar-refractivity contribution in [1.29, 1.82) is 0 Å². The Kier molecular flexibility index (Phi) is 3.63. The van der Waals surface area contributed by atoms with Crippen LogP contribution in [-0.2, 0) is 6.42 Å². The molecule has 0 radical (unpaired) electrons. The van der Waals surface area contributed by atoms with Gasteiger partial charge < -0.3 is 15.3 Å². The molecule has 1 heterocycles. The topological polar surface area (TPSA) is 59.4 Å². The molecule has 1 aromatic heterocycles. The first-order chi connectivity index (χ1) is 10.6. The molecule has 0 amide bonds. The fourth-order valence-electron chi connectivity index (χ4n) is 2.75. The van der Waals surface area contributed by atoms with E-state index in [1.807, 2.05) is 42.5 Å². The molecule has 22 heavy (non-hydrogen) atoms. The number of rotatable bonds is 3. The van der Waals surface area contributed by atoms with Crippen molar-refractivity contribution in [3.05, 3.63) is 59.7 Å². The van der Waals surface area contributed by atoms with Crippen molar-refractivity contribution in [2.24, 2.45) is 0 Å². The molecule has 0 saturated carbocycles. The Labute approximate surface area is 130 Å². The zero-order valence-electron chi connectivity index (χ0n) is 12.8. The fourth-order valence-corrected chi connectivity index (χ4v) is 2.75. The Hall–Kier alpha value is -2.68. The second-order valence-corrected chi connectivity index (χ2v) is 5.38. The van der Waals surface area contributed by atoms with Crippen LogP contribution >= 0.6 is 0 Å². The highest BCUT2D eigenvalue weighted by atomic mass is 16.4. The van der Waals surface area contributed by atoms with Gasteiger partial charge in [-0.3, -0.25) is 0 Å². The zero-order chi connectivity index (χ0) is 15.7. The highest BCUT2D eigenvalue weighted by Crippen LogP contribution is 2.45. The van der Waals surface area contributed by atoms with Gasteiger partial charge in [-0.25, -0.2) is 0 Å². The van der Waals surface area contributed by atoms with Crippen molar-refractivity contribution < 1.29 is 9.52 Å². The summed E-state index contributed by atoms with van der Waals surface area (Å²) in [4.78, 5) is 0. The summed E-state index contributed by atoms with van der Waals surface area (Å²) in [6.07, 6.45) is 0.980. The van der Waals surface area contributed by atoms with Crippen LogP contribution in [-0.4, -0.2) is 5.11 Å². The minimum atomic E-state index is 0.0901. The van der Waals surface area contributed by atoms with Gasteiger partial charge in [-0.2, -0.15) is 0 Å². The summed E-state index contributed by atoms with van der Waals surface area (Å²) in [7, 11) is 0. The highest BCUT2D eigenvalue weighted by Gasteiger charge is 2.20. The lowest BCUT2D eigenvalue weighted by Gasteiger charge is -2.06. The SMILES string of the molecule is CCc1ccc(-c2c(N)oc(-c3ccccc3)c2O)cc1C. The molecule has 0 spiro atoms. The van der Waals surface area contributed by atoms with Crippen LogP contribution in [0.2, 0.25) is 0 Å². The monoisotopic (exact) mass is 293 g/mol. The van der Waals surface area contributed by atoms with Crippen LogP contribution in [0.1, 0.15) is 18.1 Å². The molecule has 0 unspecified atom stereocenters. The molecule has 0 atom stereocenters. The predicted molar refractivity (Wildman–Crippen MR) is 89.8 cm³/mol. The summed E-state index contributed by atoms with van der Waals surface area (Å²) in [6, 6.07) is 15.6. The number of nitrogen functional groups attached to an aromatic ring is 1. The summed E-state index contributed by atoms with van der Waals surface area (Å²) in [5, 5.41) is 10.6. The Bertz CT molecular complexity index is 804. The van der Waals surface area contributed by atoms with Crippen molar-refractivity contribution in [2.75, 3.05) is 5.73 Å². The average molecular weight is 293 g/mol. The van der Waals surface area contributed by atoms with E-state index < -0.39 is 0 Å². The molecule has 112 valence electrons. The van der Waals surface area contributed by atoms with E-state index in [1.54, 1.807) is 0 Å². The Balaban J connectivity index is 2.13. The lowest BCUT2D eigenvalue weighted by atomic mass is 9.98. The summed E-state index contributed by atoms with van der Waals surface area (Å²) < 4.78 is 5.61. The molecule has 0 aliphatic carbocycles. The van der Waals surface area contributed by atoms with Crippen LogP contribution in [0.25, 0.3) is 22.5 Å². The quantitative estimate of drug-likeness (QED) is 0.731. The zero-order valence-corrected chi connectivity index (χ0v) is 12.8. The van der Waals surface area contributed by atoms with Gasteiger partial charge in [0.15, 0.2) is 11.5 Å². The van der Waals surface area contributed by atoms with Gasteiger partial charge in [0.25, 0.3) is 0 Å². The molecule has 2 aromatic carbocycles. The van der Waals surface area contributed by atoms with E-state index in [0.717, 1.165) is 17.5 Å². The van der Waals surface area contributed by atoms with Gasteiger partial charge in [0, 0.05) is 5.56 Å². The Morgan fingerprint density at radius 3 is 2.41 bits per heavy atom. The van der Waals surface area contributed by atoms with Gasteiger partial charge in [0.1, 0.15) is 0 Å². The summed E-state index contributed by atoms with van der Waals surface area (Å²) >= 11 is 0. The van der Waals surface area contributed by atoms with Gasteiger partial charge in [-0.15, -0.1) is 0 Å². The smallest absolute Gasteiger partial charge is 0.202 e. The predicted octanol–water partition coefficient (Wildman–Crippen LogP) is 4.77. The first-order valence-corrected chi connectivity index (χ1v) is 7.38. The van der Waals surface area contributed by atoms with Crippen LogP contribution in [0.3, 0.4) is 0 Å². The molecule has 0 fully saturated rings. The van der Waals surface area contributed by atoms with Crippen LogP contribution in [0, 0.1) is 6.92 Å². The fraction of sp³-hybridized carbons (Fsp3) is 0.158. The number of hydrogen-bond acceptors (Lipinski definition) is 3. The van der Waals surface area contributed by atoms with E-state index in [4.69, 9.17) is 10.2 Å². The number of furan rings is 1. The highest BCUT2D eigenvalue weighted by molar-refractivity contribution is 5.86. The van der Waals surface area contributed by atoms with E-state index in [9.17, 15) is 5.11 Å². The van der Waals surface area contributed by atoms with Gasteiger partial charge in [-0.1, -0.05) is 55.5 Å². The molecular weight excluding hydrogens is 274 g/mol. The Morgan fingerprint density at radius 2 is 1.77 bits per heavy atom. The number of aromatic hydroxyl groups is 1. The lowest BCUT2D eigenvalue weighted by Crippen LogP contribution is -1.89. The molecule has 0 aliphatic rings. The second-order valence-electron chi connectivity index (χ2n) is 5.38. The molecule has 3 rings (SSSR count). The molecule has 0 saturated heterocycles. The number of aryl methyl sites for hydroxylation is 2. The Morgan fingerprint density at radius 1 is 1.05 bits per heavy atom. The summed E-state index contributed by atoms with van der Waals surface area (Å²) in [5.74, 6) is 0.734.